The van der Waals surface area contributed by atoms with Gasteiger partial charge in [-0.3, -0.25) is 0 Å². The summed E-state index contributed by atoms with van der Waals surface area (Å²) in [6.07, 6.45) is 3.44. The number of hydrogen-bond acceptors (Lipinski definition) is 4. The van der Waals surface area contributed by atoms with Gasteiger partial charge in [0.2, 0.25) is 5.95 Å². The molecule has 122 valence electrons. The van der Waals surface area contributed by atoms with Crippen molar-refractivity contribution in [1.82, 2.24) is 9.97 Å². The molecule has 0 atom stereocenters. The zero-order valence-electron chi connectivity index (χ0n) is 14.3. The zero-order chi connectivity index (χ0) is 16.2. The summed E-state index contributed by atoms with van der Waals surface area (Å²) < 4.78 is 0. The standard InChI is InChI=1S/C19H26N4/c1-14(2)10-11-20-19-21-15(3)13-18(22-19)23-12-6-8-16-7-4-5-9-17(16)23/h4-5,7,9,13-14H,6,8,10-12H2,1-3H3,(H,20,21,22). The molecule has 1 aliphatic heterocycles. The predicted molar refractivity (Wildman–Crippen MR) is 96.5 cm³/mol. The topological polar surface area (TPSA) is 41.1 Å². The molecule has 2 aromatic rings. The Morgan fingerprint density at radius 3 is 2.87 bits per heavy atom. The number of nitrogens with one attached hydrogen (secondary N) is 1. The lowest BCUT2D eigenvalue weighted by Gasteiger charge is -2.30. The molecule has 0 saturated carbocycles. The minimum absolute atomic E-state index is 0.681. The van der Waals surface area contributed by atoms with Crippen molar-refractivity contribution >= 4 is 17.5 Å². The third-order valence-corrected chi connectivity index (χ3v) is 4.23. The molecular weight excluding hydrogens is 284 g/mol. The molecule has 0 saturated heterocycles. The number of anilines is 3. The highest BCUT2D eigenvalue weighted by Gasteiger charge is 2.19. The van der Waals surface area contributed by atoms with E-state index < -0.39 is 0 Å². The first-order chi connectivity index (χ1) is 11.1. The van der Waals surface area contributed by atoms with Gasteiger partial charge < -0.3 is 10.2 Å². The highest BCUT2D eigenvalue weighted by atomic mass is 15.2. The first-order valence-corrected chi connectivity index (χ1v) is 8.58. The molecule has 1 aliphatic rings. The Morgan fingerprint density at radius 1 is 1.22 bits per heavy atom. The summed E-state index contributed by atoms with van der Waals surface area (Å²) in [6.45, 7) is 8.43. The van der Waals surface area contributed by atoms with Crippen LogP contribution in [0.3, 0.4) is 0 Å². The van der Waals surface area contributed by atoms with Crippen molar-refractivity contribution in [1.29, 1.82) is 0 Å². The van der Waals surface area contributed by atoms with E-state index in [9.17, 15) is 0 Å². The second-order valence-corrected chi connectivity index (χ2v) is 6.68. The van der Waals surface area contributed by atoms with E-state index in [-0.39, 0.29) is 0 Å². The minimum Gasteiger partial charge on any atom is -0.354 e. The molecule has 2 heterocycles. The number of aryl methyl sites for hydroxylation is 2. The highest BCUT2D eigenvalue weighted by Crippen LogP contribution is 2.32. The van der Waals surface area contributed by atoms with Gasteiger partial charge in [-0.05, 0) is 43.7 Å². The summed E-state index contributed by atoms with van der Waals surface area (Å²) in [5, 5.41) is 3.37. The summed E-state index contributed by atoms with van der Waals surface area (Å²) in [7, 11) is 0. The van der Waals surface area contributed by atoms with Gasteiger partial charge >= 0.3 is 0 Å². The molecule has 1 N–H and O–H groups in total. The summed E-state index contributed by atoms with van der Waals surface area (Å²) in [4.78, 5) is 11.6. The van der Waals surface area contributed by atoms with Gasteiger partial charge in [0.15, 0.2) is 0 Å². The monoisotopic (exact) mass is 310 g/mol. The van der Waals surface area contributed by atoms with Crippen LogP contribution in [-0.4, -0.2) is 23.1 Å². The normalized spacial score (nSPS) is 14.0. The SMILES string of the molecule is Cc1cc(N2CCCc3ccccc32)nc(NCCC(C)C)n1. The van der Waals surface area contributed by atoms with Gasteiger partial charge in [-0.25, -0.2) is 4.98 Å². The van der Waals surface area contributed by atoms with E-state index in [2.05, 4.69) is 59.4 Å². The molecule has 0 unspecified atom stereocenters. The van der Waals surface area contributed by atoms with Crippen molar-refractivity contribution in [2.45, 2.75) is 40.0 Å². The Bertz CT molecular complexity index is 666. The molecule has 3 rings (SSSR count). The van der Waals surface area contributed by atoms with Crippen molar-refractivity contribution in [3.63, 3.8) is 0 Å². The van der Waals surface area contributed by atoms with Gasteiger partial charge in [-0.15, -0.1) is 0 Å². The molecule has 0 amide bonds. The average Bonchev–Trinajstić information content (AvgIpc) is 2.53. The molecule has 0 radical (unpaired) electrons. The molecule has 23 heavy (non-hydrogen) atoms. The molecular formula is C19H26N4. The van der Waals surface area contributed by atoms with Crippen LogP contribution in [0.15, 0.2) is 30.3 Å². The first-order valence-electron chi connectivity index (χ1n) is 8.58. The number of para-hydroxylation sites is 1. The van der Waals surface area contributed by atoms with Crippen LogP contribution < -0.4 is 10.2 Å². The Kier molecular flexibility index (Phi) is 4.79. The zero-order valence-corrected chi connectivity index (χ0v) is 14.3. The molecule has 1 aromatic heterocycles. The number of fused-ring (bicyclic) bond motifs is 1. The van der Waals surface area contributed by atoms with Crippen LogP contribution in [0, 0.1) is 12.8 Å². The van der Waals surface area contributed by atoms with Gasteiger partial charge in [-0.1, -0.05) is 32.0 Å². The third-order valence-electron chi connectivity index (χ3n) is 4.23. The van der Waals surface area contributed by atoms with Crippen LogP contribution in [0.1, 0.15) is 37.9 Å². The highest BCUT2D eigenvalue weighted by molar-refractivity contribution is 5.66. The minimum atomic E-state index is 0.681. The van der Waals surface area contributed by atoms with Crippen molar-refractivity contribution in [2.75, 3.05) is 23.3 Å². The van der Waals surface area contributed by atoms with E-state index in [1.165, 1.54) is 11.3 Å². The smallest absolute Gasteiger partial charge is 0.224 e. The maximum absolute atomic E-state index is 4.76. The van der Waals surface area contributed by atoms with E-state index in [1.54, 1.807) is 0 Å². The van der Waals surface area contributed by atoms with Crippen LogP contribution >= 0.6 is 0 Å². The first kappa shape index (κ1) is 15.8. The predicted octanol–water partition coefficient (Wildman–Crippen LogP) is 4.33. The summed E-state index contributed by atoms with van der Waals surface area (Å²) in [5.74, 6) is 2.42. The van der Waals surface area contributed by atoms with Crippen molar-refractivity contribution in [2.24, 2.45) is 5.92 Å². The van der Waals surface area contributed by atoms with Crippen LogP contribution in [0.25, 0.3) is 0 Å². The van der Waals surface area contributed by atoms with Crippen molar-refractivity contribution in [3.05, 3.63) is 41.6 Å². The maximum Gasteiger partial charge on any atom is 0.224 e. The molecule has 4 nitrogen and oxygen atoms in total. The van der Waals surface area contributed by atoms with E-state index in [0.717, 1.165) is 49.8 Å². The lowest BCUT2D eigenvalue weighted by Crippen LogP contribution is -2.26. The van der Waals surface area contributed by atoms with Gasteiger partial charge in [0.05, 0.1) is 0 Å². The number of hydrogen-bond donors (Lipinski definition) is 1. The Hall–Kier alpha value is -2.10. The number of aromatic nitrogens is 2. The lowest BCUT2D eigenvalue weighted by atomic mass is 10.0. The van der Waals surface area contributed by atoms with Gasteiger partial charge in [-0.2, -0.15) is 4.98 Å². The van der Waals surface area contributed by atoms with Crippen LogP contribution in [-0.2, 0) is 6.42 Å². The maximum atomic E-state index is 4.76. The largest absolute Gasteiger partial charge is 0.354 e. The second-order valence-electron chi connectivity index (χ2n) is 6.68. The van der Waals surface area contributed by atoms with Crippen molar-refractivity contribution in [3.8, 4) is 0 Å². The van der Waals surface area contributed by atoms with Gasteiger partial charge in [0.1, 0.15) is 5.82 Å². The van der Waals surface area contributed by atoms with Gasteiger partial charge in [0, 0.05) is 30.5 Å². The number of nitrogens with zero attached hydrogens (tertiary/aromatic N) is 3. The fourth-order valence-corrected chi connectivity index (χ4v) is 3.01. The third kappa shape index (κ3) is 3.81. The average molecular weight is 310 g/mol. The van der Waals surface area contributed by atoms with E-state index in [4.69, 9.17) is 4.98 Å². The fourth-order valence-electron chi connectivity index (χ4n) is 3.01. The van der Waals surface area contributed by atoms with E-state index in [0.29, 0.717) is 5.92 Å². The Morgan fingerprint density at radius 2 is 2.04 bits per heavy atom. The van der Waals surface area contributed by atoms with E-state index in [1.807, 2.05) is 6.92 Å². The van der Waals surface area contributed by atoms with E-state index >= 15 is 0 Å². The number of rotatable bonds is 5. The molecule has 0 aliphatic carbocycles. The Balaban J connectivity index is 1.84. The lowest BCUT2D eigenvalue weighted by molar-refractivity contribution is 0.605. The Labute approximate surface area is 139 Å². The quantitative estimate of drug-likeness (QED) is 0.892. The number of benzene rings is 1. The summed E-state index contributed by atoms with van der Waals surface area (Å²) >= 11 is 0. The van der Waals surface area contributed by atoms with Crippen LogP contribution in [0.4, 0.5) is 17.5 Å². The van der Waals surface area contributed by atoms with Crippen LogP contribution in [0.2, 0.25) is 0 Å². The molecule has 0 spiro atoms. The summed E-state index contributed by atoms with van der Waals surface area (Å²) in [6, 6.07) is 10.7. The summed E-state index contributed by atoms with van der Waals surface area (Å²) in [5.41, 5.74) is 3.69. The second kappa shape index (κ2) is 6.99. The van der Waals surface area contributed by atoms with Gasteiger partial charge in [0.25, 0.3) is 0 Å². The molecule has 0 bridgehead atoms. The molecule has 4 heteroatoms. The molecule has 1 aromatic carbocycles. The fraction of sp³-hybridized carbons (Fsp3) is 0.474. The van der Waals surface area contributed by atoms with Crippen LogP contribution in [0.5, 0.6) is 0 Å². The molecule has 0 fully saturated rings. The van der Waals surface area contributed by atoms with Crippen molar-refractivity contribution < 1.29 is 0 Å².